The molecule has 64 valence electrons. The normalized spacial score (nSPS) is 9.50. The van der Waals surface area contributed by atoms with Gasteiger partial charge in [-0.1, -0.05) is 11.6 Å². The molecule has 4 nitrogen and oxygen atoms in total. The number of nitrogens with zero attached hydrogens (tertiary/aromatic N) is 2. The maximum Gasteiger partial charge on any atom is 0.241 e. The van der Waals surface area contributed by atoms with Crippen LogP contribution in [0.2, 0.25) is 5.15 Å². The van der Waals surface area contributed by atoms with Crippen molar-refractivity contribution in [2.45, 2.75) is 0 Å². The Labute approximate surface area is 78.9 Å². The van der Waals surface area contributed by atoms with Gasteiger partial charge < -0.3 is 0 Å². The number of hydrogen-bond acceptors (Lipinski definition) is 3. The second-order valence-corrected chi connectivity index (χ2v) is 2.54. The van der Waals surface area contributed by atoms with E-state index in [1.807, 2.05) is 0 Å². The van der Waals surface area contributed by atoms with E-state index in [9.17, 15) is 4.79 Å². The van der Waals surface area contributed by atoms with E-state index in [1.54, 1.807) is 0 Å². The molecular weight excluding hydrogens is 201 g/mol. The fourth-order valence-electron chi connectivity index (χ4n) is 0.555. The summed E-state index contributed by atoms with van der Waals surface area (Å²) in [5, 5.41) is 2.63. The van der Waals surface area contributed by atoms with Gasteiger partial charge in [0.05, 0.1) is 0 Å². The van der Waals surface area contributed by atoms with E-state index in [2.05, 4.69) is 15.3 Å². The SMILES string of the molecule is O=C(CCl)Nc1nccc(Cl)n1. The minimum atomic E-state index is -0.362. The van der Waals surface area contributed by atoms with E-state index >= 15 is 0 Å². The molecule has 6 heteroatoms. The fourth-order valence-corrected chi connectivity index (χ4v) is 0.758. The van der Waals surface area contributed by atoms with Gasteiger partial charge in [0.15, 0.2) is 0 Å². The molecule has 0 saturated heterocycles. The van der Waals surface area contributed by atoms with Gasteiger partial charge in [-0.15, -0.1) is 11.6 Å². The summed E-state index contributed by atoms with van der Waals surface area (Å²) in [6.07, 6.45) is 1.44. The standard InChI is InChI=1S/C6H5Cl2N3O/c7-3-5(12)11-6-9-2-1-4(8)10-6/h1-2H,3H2,(H,9,10,11,12). The maximum absolute atomic E-state index is 10.7. The van der Waals surface area contributed by atoms with Gasteiger partial charge in [-0.25, -0.2) is 9.97 Å². The first kappa shape index (κ1) is 9.22. The van der Waals surface area contributed by atoms with Crippen LogP contribution in [0, 0.1) is 0 Å². The predicted molar refractivity (Wildman–Crippen MR) is 46.4 cm³/mol. The van der Waals surface area contributed by atoms with Crippen LogP contribution in [-0.2, 0) is 4.79 Å². The number of halogens is 2. The molecule has 12 heavy (non-hydrogen) atoms. The number of rotatable bonds is 2. The van der Waals surface area contributed by atoms with Crippen LogP contribution < -0.4 is 5.32 Å². The first-order chi connectivity index (χ1) is 5.72. The third-order valence-electron chi connectivity index (χ3n) is 0.994. The van der Waals surface area contributed by atoms with Crippen molar-refractivity contribution in [1.29, 1.82) is 0 Å². The van der Waals surface area contributed by atoms with Crippen molar-refractivity contribution >= 4 is 35.1 Å². The molecule has 1 aromatic heterocycles. The minimum Gasteiger partial charge on any atom is -0.293 e. The number of alkyl halides is 1. The lowest BCUT2D eigenvalue weighted by atomic mass is 10.6. The average molecular weight is 206 g/mol. The Morgan fingerprint density at radius 1 is 1.67 bits per heavy atom. The van der Waals surface area contributed by atoms with Crippen molar-refractivity contribution in [3.63, 3.8) is 0 Å². The summed E-state index contributed by atoms with van der Waals surface area (Å²) in [6, 6.07) is 1.51. The van der Waals surface area contributed by atoms with E-state index in [0.717, 1.165) is 0 Å². The Morgan fingerprint density at radius 3 is 3.00 bits per heavy atom. The maximum atomic E-state index is 10.7. The Kier molecular flexibility index (Phi) is 3.25. The predicted octanol–water partition coefficient (Wildman–Crippen LogP) is 1.31. The zero-order valence-corrected chi connectivity index (χ0v) is 7.43. The van der Waals surface area contributed by atoms with Crippen molar-refractivity contribution in [3.05, 3.63) is 17.4 Å². The third-order valence-corrected chi connectivity index (χ3v) is 1.45. The van der Waals surface area contributed by atoms with Crippen molar-refractivity contribution < 1.29 is 4.79 Å². The smallest absolute Gasteiger partial charge is 0.241 e. The lowest BCUT2D eigenvalue weighted by Gasteiger charge is -1.99. The van der Waals surface area contributed by atoms with E-state index < -0.39 is 0 Å². The van der Waals surface area contributed by atoms with Crippen LogP contribution in [0.4, 0.5) is 5.95 Å². The van der Waals surface area contributed by atoms with Gasteiger partial charge in [0.25, 0.3) is 0 Å². The van der Waals surface area contributed by atoms with Crippen LogP contribution >= 0.6 is 23.2 Å². The average Bonchev–Trinajstić information content (AvgIpc) is 2.04. The van der Waals surface area contributed by atoms with Crippen LogP contribution in [0.1, 0.15) is 0 Å². The van der Waals surface area contributed by atoms with Crippen LogP contribution in [0.15, 0.2) is 12.3 Å². The van der Waals surface area contributed by atoms with Crippen LogP contribution in [0.25, 0.3) is 0 Å². The molecule has 1 amide bonds. The van der Waals surface area contributed by atoms with E-state index in [0.29, 0.717) is 0 Å². The summed E-state index contributed by atoms with van der Waals surface area (Å²) in [5.41, 5.74) is 0. The Bertz CT molecular complexity index is 292. The van der Waals surface area contributed by atoms with E-state index in [1.165, 1.54) is 12.3 Å². The molecule has 0 unspecified atom stereocenters. The molecule has 0 aliphatic rings. The van der Waals surface area contributed by atoms with Crippen LogP contribution in [0.3, 0.4) is 0 Å². The molecule has 0 bridgehead atoms. The van der Waals surface area contributed by atoms with Crippen LogP contribution in [0.5, 0.6) is 0 Å². The summed E-state index contributed by atoms with van der Waals surface area (Å²) in [7, 11) is 0. The molecule has 1 heterocycles. The number of hydrogen-bond donors (Lipinski definition) is 1. The van der Waals surface area contributed by atoms with Gasteiger partial charge in [0, 0.05) is 6.20 Å². The highest BCUT2D eigenvalue weighted by molar-refractivity contribution is 6.30. The van der Waals surface area contributed by atoms with Crippen LogP contribution in [-0.4, -0.2) is 21.8 Å². The summed E-state index contributed by atoms with van der Waals surface area (Å²) >= 11 is 10.8. The number of carbonyl (C=O) groups excluding carboxylic acids is 1. The topological polar surface area (TPSA) is 54.9 Å². The van der Waals surface area contributed by atoms with Crippen molar-refractivity contribution in [2.75, 3.05) is 11.2 Å². The van der Waals surface area contributed by atoms with Gasteiger partial charge in [0.1, 0.15) is 11.0 Å². The molecule has 0 fully saturated rings. The highest BCUT2D eigenvalue weighted by Gasteiger charge is 2.01. The molecule has 0 radical (unpaired) electrons. The molecular formula is C6H5Cl2N3O. The van der Waals surface area contributed by atoms with E-state index in [4.69, 9.17) is 23.2 Å². The molecule has 0 aliphatic heterocycles. The van der Waals surface area contributed by atoms with Crippen molar-refractivity contribution in [1.82, 2.24) is 9.97 Å². The van der Waals surface area contributed by atoms with Gasteiger partial charge in [-0.3, -0.25) is 10.1 Å². The quantitative estimate of drug-likeness (QED) is 0.586. The summed E-state index contributed by atoms with van der Waals surface area (Å²) < 4.78 is 0. The number of carbonyl (C=O) groups is 1. The lowest BCUT2D eigenvalue weighted by molar-refractivity contribution is -0.114. The molecule has 0 aliphatic carbocycles. The Morgan fingerprint density at radius 2 is 2.42 bits per heavy atom. The Balaban J connectivity index is 2.69. The monoisotopic (exact) mass is 205 g/mol. The molecule has 0 saturated carbocycles. The molecule has 1 N–H and O–H groups in total. The highest BCUT2D eigenvalue weighted by Crippen LogP contribution is 2.05. The van der Waals surface area contributed by atoms with Crippen molar-refractivity contribution in [3.8, 4) is 0 Å². The molecule has 1 aromatic rings. The first-order valence-electron chi connectivity index (χ1n) is 3.06. The zero-order chi connectivity index (χ0) is 8.97. The molecule has 1 rings (SSSR count). The second kappa shape index (κ2) is 4.23. The highest BCUT2D eigenvalue weighted by atomic mass is 35.5. The first-order valence-corrected chi connectivity index (χ1v) is 3.98. The minimum absolute atomic E-state index is 0.129. The van der Waals surface area contributed by atoms with Gasteiger partial charge >= 0.3 is 0 Å². The van der Waals surface area contributed by atoms with Gasteiger partial charge in [-0.05, 0) is 6.07 Å². The van der Waals surface area contributed by atoms with Gasteiger partial charge in [0.2, 0.25) is 11.9 Å². The van der Waals surface area contributed by atoms with Crippen molar-refractivity contribution in [2.24, 2.45) is 0 Å². The largest absolute Gasteiger partial charge is 0.293 e. The summed E-state index contributed by atoms with van der Waals surface area (Å²) in [5.74, 6) is -0.331. The third kappa shape index (κ3) is 2.64. The molecule has 0 spiro atoms. The summed E-state index contributed by atoms with van der Waals surface area (Å²) in [6.45, 7) is 0. The zero-order valence-electron chi connectivity index (χ0n) is 5.92. The summed E-state index contributed by atoms with van der Waals surface area (Å²) in [4.78, 5) is 18.2. The fraction of sp³-hybridized carbons (Fsp3) is 0.167. The van der Waals surface area contributed by atoms with E-state index in [-0.39, 0.29) is 22.9 Å². The Hall–Kier alpha value is -0.870. The number of aromatic nitrogens is 2. The molecule has 0 aromatic carbocycles. The number of nitrogens with one attached hydrogen (secondary N) is 1. The number of amides is 1. The number of anilines is 1. The van der Waals surface area contributed by atoms with Gasteiger partial charge in [-0.2, -0.15) is 0 Å². The second-order valence-electron chi connectivity index (χ2n) is 1.88. The lowest BCUT2D eigenvalue weighted by Crippen LogP contribution is -2.14. The molecule has 0 atom stereocenters.